The Hall–Kier alpha value is -0.960. The van der Waals surface area contributed by atoms with E-state index in [1.54, 1.807) is 11.8 Å². The molecule has 0 aliphatic heterocycles. The number of rotatable bonds is 5. The molecule has 0 aromatic heterocycles. The van der Waals surface area contributed by atoms with Gasteiger partial charge in [-0.2, -0.15) is 0 Å². The second-order valence-electron chi connectivity index (χ2n) is 4.17. The summed E-state index contributed by atoms with van der Waals surface area (Å²) in [7, 11) is 0. The van der Waals surface area contributed by atoms with Crippen LogP contribution in [0.5, 0.6) is 0 Å². The molecule has 16 heavy (non-hydrogen) atoms. The minimum Gasteiger partial charge on any atom is -0.352 e. The van der Waals surface area contributed by atoms with Crippen molar-refractivity contribution in [2.75, 3.05) is 12.8 Å². The second-order valence-corrected chi connectivity index (χ2v) is 5.05. The summed E-state index contributed by atoms with van der Waals surface area (Å²) in [6.45, 7) is 5.06. The fraction of sp³-hybridized carbons (Fsp3) is 0.462. The monoisotopic (exact) mass is 237 g/mol. The predicted molar refractivity (Wildman–Crippen MR) is 70.0 cm³/mol. The molecule has 2 nitrogen and oxygen atoms in total. The molecule has 0 atom stereocenters. The summed E-state index contributed by atoms with van der Waals surface area (Å²) < 4.78 is 0. The fourth-order valence-corrected chi connectivity index (χ4v) is 1.73. The number of nitrogens with one attached hydrogen (secondary N) is 1. The van der Waals surface area contributed by atoms with E-state index < -0.39 is 0 Å². The molecule has 1 aromatic rings. The van der Waals surface area contributed by atoms with E-state index in [9.17, 15) is 4.79 Å². The molecular weight excluding hydrogens is 218 g/mol. The Balaban J connectivity index is 2.46. The SMILES string of the molecule is CSc1ccc(C(=O)NCCC(C)C)cc1. The van der Waals surface area contributed by atoms with Crippen LogP contribution in [0.2, 0.25) is 0 Å². The van der Waals surface area contributed by atoms with Crippen molar-refractivity contribution >= 4 is 17.7 Å². The number of benzene rings is 1. The van der Waals surface area contributed by atoms with Crippen LogP contribution in [0.25, 0.3) is 0 Å². The van der Waals surface area contributed by atoms with Crippen molar-refractivity contribution in [2.24, 2.45) is 5.92 Å². The number of carbonyl (C=O) groups excluding carboxylic acids is 1. The molecule has 0 aliphatic rings. The summed E-state index contributed by atoms with van der Waals surface area (Å²) in [6.07, 6.45) is 3.05. The average molecular weight is 237 g/mol. The Labute approximate surface area is 102 Å². The van der Waals surface area contributed by atoms with Gasteiger partial charge in [0.05, 0.1) is 0 Å². The lowest BCUT2D eigenvalue weighted by molar-refractivity contribution is 0.0952. The maximum Gasteiger partial charge on any atom is 0.251 e. The van der Waals surface area contributed by atoms with Crippen molar-refractivity contribution in [1.82, 2.24) is 5.32 Å². The maximum atomic E-state index is 11.7. The molecule has 0 aliphatic carbocycles. The Kier molecular flexibility index (Phi) is 5.39. The van der Waals surface area contributed by atoms with Crippen LogP contribution in [0.4, 0.5) is 0 Å². The molecule has 0 saturated heterocycles. The van der Waals surface area contributed by atoms with Crippen LogP contribution in [0, 0.1) is 5.92 Å². The van der Waals surface area contributed by atoms with E-state index in [0.29, 0.717) is 5.92 Å². The van der Waals surface area contributed by atoms with Crippen LogP contribution in [-0.4, -0.2) is 18.7 Å². The zero-order chi connectivity index (χ0) is 12.0. The number of amides is 1. The fourth-order valence-electron chi connectivity index (χ4n) is 1.32. The van der Waals surface area contributed by atoms with Gasteiger partial charge in [-0.05, 0) is 42.9 Å². The third kappa shape index (κ3) is 4.27. The van der Waals surface area contributed by atoms with Gasteiger partial charge in [0.1, 0.15) is 0 Å². The molecule has 0 saturated carbocycles. The van der Waals surface area contributed by atoms with Crippen LogP contribution in [-0.2, 0) is 0 Å². The van der Waals surface area contributed by atoms with Crippen molar-refractivity contribution < 1.29 is 4.79 Å². The Morgan fingerprint density at radius 3 is 2.44 bits per heavy atom. The predicted octanol–water partition coefficient (Wildman–Crippen LogP) is 3.18. The summed E-state index contributed by atoms with van der Waals surface area (Å²) in [4.78, 5) is 12.9. The third-order valence-corrected chi connectivity index (χ3v) is 3.10. The highest BCUT2D eigenvalue weighted by molar-refractivity contribution is 7.98. The van der Waals surface area contributed by atoms with Crippen molar-refractivity contribution in [3.63, 3.8) is 0 Å². The highest BCUT2D eigenvalue weighted by Gasteiger charge is 2.04. The molecule has 1 rings (SSSR count). The number of hydrogen-bond donors (Lipinski definition) is 1. The molecule has 1 N–H and O–H groups in total. The lowest BCUT2D eigenvalue weighted by atomic mass is 10.1. The van der Waals surface area contributed by atoms with E-state index in [2.05, 4.69) is 19.2 Å². The molecule has 1 amide bonds. The van der Waals surface area contributed by atoms with Gasteiger partial charge in [-0.3, -0.25) is 4.79 Å². The number of thioether (sulfide) groups is 1. The molecule has 0 heterocycles. The number of hydrogen-bond acceptors (Lipinski definition) is 2. The first-order valence-electron chi connectivity index (χ1n) is 5.55. The summed E-state index contributed by atoms with van der Waals surface area (Å²) >= 11 is 1.68. The van der Waals surface area contributed by atoms with E-state index in [-0.39, 0.29) is 5.91 Å². The Morgan fingerprint density at radius 2 is 1.94 bits per heavy atom. The van der Waals surface area contributed by atoms with Crippen LogP contribution < -0.4 is 5.32 Å². The normalized spacial score (nSPS) is 10.5. The minimum atomic E-state index is 0.0216. The van der Waals surface area contributed by atoms with Crippen LogP contribution >= 0.6 is 11.8 Å². The van der Waals surface area contributed by atoms with Crippen molar-refractivity contribution in [3.8, 4) is 0 Å². The quantitative estimate of drug-likeness (QED) is 0.797. The van der Waals surface area contributed by atoms with E-state index in [1.165, 1.54) is 4.90 Å². The molecule has 1 aromatic carbocycles. The first-order valence-corrected chi connectivity index (χ1v) is 6.78. The molecule has 3 heteroatoms. The molecule has 0 bridgehead atoms. The van der Waals surface area contributed by atoms with E-state index in [1.807, 2.05) is 30.5 Å². The zero-order valence-corrected chi connectivity index (χ0v) is 10.9. The summed E-state index contributed by atoms with van der Waals surface area (Å²) in [5, 5.41) is 2.92. The maximum absolute atomic E-state index is 11.7. The van der Waals surface area contributed by atoms with Gasteiger partial charge in [0.15, 0.2) is 0 Å². The topological polar surface area (TPSA) is 29.1 Å². The van der Waals surface area contributed by atoms with Crippen LogP contribution in [0.1, 0.15) is 30.6 Å². The second kappa shape index (κ2) is 6.59. The van der Waals surface area contributed by atoms with Crippen molar-refractivity contribution in [2.45, 2.75) is 25.2 Å². The zero-order valence-electron chi connectivity index (χ0n) is 10.1. The minimum absolute atomic E-state index is 0.0216. The smallest absolute Gasteiger partial charge is 0.251 e. The lowest BCUT2D eigenvalue weighted by Crippen LogP contribution is -2.25. The highest BCUT2D eigenvalue weighted by atomic mass is 32.2. The van der Waals surface area contributed by atoms with Gasteiger partial charge < -0.3 is 5.32 Å². The molecule has 88 valence electrons. The highest BCUT2D eigenvalue weighted by Crippen LogP contribution is 2.14. The van der Waals surface area contributed by atoms with E-state index in [0.717, 1.165) is 18.5 Å². The Morgan fingerprint density at radius 1 is 1.31 bits per heavy atom. The van der Waals surface area contributed by atoms with Gasteiger partial charge in [0.25, 0.3) is 5.91 Å². The van der Waals surface area contributed by atoms with E-state index >= 15 is 0 Å². The Bertz CT molecular complexity index is 332. The molecule has 0 spiro atoms. The largest absolute Gasteiger partial charge is 0.352 e. The first-order chi connectivity index (χ1) is 7.63. The van der Waals surface area contributed by atoms with Crippen molar-refractivity contribution in [3.05, 3.63) is 29.8 Å². The van der Waals surface area contributed by atoms with Gasteiger partial charge in [-0.25, -0.2) is 0 Å². The summed E-state index contributed by atoms with van der Waals surface area (Å²) in [5.41, 5.74) is 0.738. The van der Waals surface area contributed by atoms with Gasteiger partial charge in [-0.1, -0.05) is 13.8 Å². The standard InChI is InChI=1S/C13H19NOS/c1-10(2)8-9-14-13(15)11-4-6-12(16-3)7-5-11/h4-7,10H,8-9H2,1-3H3,(H,14,15). The van der Waals surface area contributed by atoms with Gasteiger partial charge in [-0.15, -0.1) is 11.8 Å². The first kappa shape index (κ1) is 13.1. The molecule has 0 radical (unpaired) electrons. The summed E-state index contributed by atoms with van der Waals surface area (Å²) in [6, 6.07) is 7.69. The number of carbonyl (C=O) groups is 1. The lowest BCUT2D eigenvalue weighted by Gasteiger charge is -2.07. The average Bonchev–Trinajstić information content (AvgIpc) is 2.28. The van der Waals surface area contributed by atoms with Crippen LogP contribution in [0.3, 0.4) is 0 Å². The van der Waals surface area contributed by atoms with Crippen molar-refractivity contribution in [1.29, 1.82) is 0 Å². The summed E-state index contributed by atoms with van der Waals surface area (Å²) in [5.74, 6) is 0.646. The molecule has 0 fully saturated rings. The van der Waals surface area contributed by atoms with Crippen LogP contribution in [0.15, 0.2) is 29.2 Å². The molecule has 0 unspecified atom stereocenters. The third-order valence-electron chi connectivity index (χ3n) is 2.36. The van der Waals surface area contributed by atoms with E-state index in [4.69, 9.17) is 0 Å². The van der Waals surface area contributed by atoms with Gasteiger partial charge in [0.2, 0.25) is 0 Å². The van der Waals surface area contributed by atoms with Gasteiger partial charge in [0, 0.05) is 17.0 Å². The van der Waals surface area contributed by atoms with Gasteiger partial charge >= 0.3 is 0 Å². The molecular formula is C13H19NOS.